The minimum atomic E-state index is -0.519. The maximum absolute atomic E-state index is 12.1. The molecular weight excluding hydrogens is 272 g/mol. The predicted octanol–water partition coefficient (Wildman–Crippen LogP) is 3.00. The third-order valence-electron chi connectivity index (χ3n) is 3.00. The molecule has 0 saturated heterocycles. The number of rotatable bonds is 4. The van der Waals surface area contributed by atoms with Crippen LogP contribution >= 0.6 is 0 Å². The van der Waals surface area contributed by atoms with Crippen molar-refractivity contribution in [2.75, 3.05) is 5.32 Å². The van der Waals surface area contributed by atoms with Crippen molar-refractivity contribution >= 4 is 17.4 Å². The Morgan fingerprint density at radius 2 is 2.05 bits per heavy atom. The number of amides is 1. The monoisotopic (exact) mass is 288 g/mol. The number of H-pyrrole nitrogens is 1. The van der Waals surface area contributed by atoms with Crippen LogP contribution < -0.4 is 5.32 Å². The summed E-state index contributed by atoms with van der Waals surface area (Å²) in [4.78, 5) is 22.4. The number of aromatic nitrogens is 2. The zero-order chi connectivity index (χ0) is 15.6. The van der Waals surface area contributed by atoms with Gasteiger partial charge in [-0.3, -0.25) is 20.0 Å². The van der Waals surface area contributed by atoms with Crippen LogP contribution in [-0.4, -0.2) is 21.0 Å². The lowest BCUT2D eigenvalue weighted by atomic mass is 10.1. The van der Waals surface area contributed by atoms with Crippen molar-refractivity contribution in [3.63, 3.8) is 0 Å². The van der Waals surface area contributed by atoms with E-state index in [0.29, 0.717) is 11.4 Å². The van der Waals surface area contributed by atoms with E-state index in [9.17, 15) is 14.9 Å². The quantitative estimate of drug-likeness (QED) is 0.667. The summed E-state index contributed by atoms with van der Waals surface area (Å²) in [6.45, 7) is 5.71. The molecule has 0 aliphatic rings. The standard InChI is InChI=1S/C14H16N4O3/c1-8(2)12-7-13(17-16-12)15-14(19)10-4-9(3)5-11(6-10)18(20)21/h4-8H,1-3H3,(H2,15,16,17,19). The van der Waals surface area contributed by atoms with Crippen molar-refractivity contribution in [1.82, 2.24) is 10.2 Å². The van der Waals surface area contributed by atoms with Gasteiger partial charge in [0.05, 0.1) is 4.92 Å². The highest BCUT2D eigenvalue weighted by Gasteiger charge is 2.14. The van der Waals surface area contributed by atoms with E-state index in [4.69, 9.17) is 0 Å². The average Bonchev–Trinajstić information content (AvgIpc) is 2.86. The fraction of sp³-hybridized carbons (Fsp3) is 0.286. The number of aryl methyl sites for hydroxylation is 1. The van der Waals surface area contributed by atoms with E-state index in [0.717, 1.165) is 5.69 Å². The Morgan fingerprint density at radius 3 is 2.62 bits per heavy atom. The highest BCUT2D eigenvalue weighted by molar-refractivity contribution is 6.04. The highest BCUT2D eigenvalue weighted by Crippen LogP contribution is 2.19. The highest BCUT2D eigenvalue weighted by atomic mass is 16.6. The van der Waals surface area contributed by atoms with E-state index >= 15 is 0 Å². The van der Waals surface area contributed by atoms with Gasteiger partial charge in [-0.15, -0.1) is 0 Å². The second-order valence-corrected chi connectivity index (χ2v) is 5.13. The van der Waals surface area contributed by atoms with Crippen molar-refractivity contribution in [1.29, 1.82) is 0 Å². The summed E-state index contributed by atoms with van der Waals surface area (Å²) in [6, 6.07) is 6.01. The topological polar surface area (TPSA) is 101 Å². The first-order valence-electron chi connectivity index (χ1n) is 6.49. The number of aromatic amines is 1. The molecule has 0 aliphatic heterocycles. The molecule has 1 aromatic carbocycles. The second-order valence-electron chi connectivity index (χ2n) is 5.13. The van der Waals surface area contributed by atoms with Crippen molar-refractivity contribution in [2.45, 2.75) is 26.7 Å². The molecule has 7 heteroatoms. The van der Waals surface area contributed by atoms with Crippen molar-refractivity contribution < 1.29 is 9.72 Å². The van der Waals surface area contributed by atoms with Crippen LogP contribution in [-0.2, 0) is 0 Å². The van der Waals surface area contributed by atoms with E-state index < -0.39 is 10.8 Å². The molecule has 2 rings (SSSR count). The summed E-state index contributed by atoms with van der Waals surface area (Å²) >= 11 is 0. The molecule has 0 atom stereocenters. The minimum absolute atomic E-state index is 0.106. The summed E-state index contributed by atoms with van der Waals surface area (Å²) < 4.78 is 0. The molecule has 2 aromatic rings. The molecule has 1 amide bonds. The van der Waals surface area contributed by atoms with Crippen LogP contribution in [0.5, 0.6) is 0 Å². The molecule has 0 bridgehead atoms. The van der Waals surface area contributed by atoms with Crippen molar-refractivity contribution in [3.05, 3.63) is 51.2 Å². The Balaban J connectivity index is 2.21. The number of benzene rings is 1. The van der Waals surface area contributed by atoms with Gasteiger partial charge in [-0.25, -0.2) is 0 Å². The van der Waals surface area contributed by atoms with Gasteiger partial charge in [-0.05, 0) is 24.5 Å². The predicted molar refractivity (Wildman–Crippen MR) is 78.5 cm³/mol. The van der Waals surface area contributed by atoms with Crippen LogP contribution in [0.15, 0.2) is 24.3 Å². The number of anilines is 1. The first-order chi connectivity index (χ1) is 9.86. The third-order valence-corrected chi connectivity index (χ3v) is 3.00. The number of carbonyl (C=O) groups is 1. The number of carbonyl (C=O) groups excluding carboxylic acids is 1. The normalized spacial score (nSPS) is 10.7. The summed E-state index contributed by atoms with van der Waals surface area (Å²) in [7, 11) is 0. The van der Waals surface area contributed by atoms with Crippen LogP contribution in [0, 0.1) is 17.0 Å². The number of non-ortho nitro benzene ring substituents is 1. The maximum atomic E-state index is 12.1. The number of nitrogens with zero attached hydrogens (tertiary/aromatic N) is 2. The second kappa shape index (κ2) is 5.74. The van der Waals surface area contributed by atoms with E-state index in [2.05, 4.69) is 15.5 Å². The fourth-order valence-corrected chi connectivity index (χ4v) is 1.88. The number of nitro groups is 1. The van der Waals surface area contributed by atoms with E-state index in [-0.39, 0.29) is 17.2 Å². The van der Waals surface area contributed by atoms with Crippen LogP contribution in [0.1, 0.15) is 41.4 Å². The molecule has 0 unspecified atom stereocenters. The summed E-state index contributed by atoms with van der Waals surface area (Å²) in [5, 5.41) is 20.3. The summed E-state index contributed by atoms with van der Waals surface area (Å²) in [6.07, 6.45) is 0. The van der Waals surface area contributed by atoms with Crippen molar-refractivity contribution in [2.24, 2.45) is 0 Å². The van der Waals surface area contributed by atoms with Gasteiger partial charge in [0.1, 0.15) is 0 Å². The Morgan fingerprint density at radius 1 is 1.33 bits per heavy atom. The molecule has 0 radical (unpaired) electrons. The smallest absolute Gasteiger partial charge is 0.270 e. The van der Waals surface area contributed by atoms with E-state index in [1.165, 1.54) is 12.1 Å². The maximum Gasteiger partial charge on any atom is 0.270 e. The fourth-order valence-electron chi connectivity index (χ4n) is 1.88. The molecule has 21 heavy (non-hydrogen) atoms. The Kier molecular flexibility index (Phi) is 4.02. The van der Waals surface area contributed by atoms with Crippen LogP contribution in [0.3, 0.4) is 0 Å². The lowest BCUT2D eigenvalue weighted by Crippen LogP contribution is -2.12. The number of nitrogens with one attached hydrogen (secondary N) is 2. The molecular formula is C14H16N4O3. The molecule has 0 aliphatic carbocycles. The zero-order valence-corrected chi connectivity index (χ0v) is 12.0. The molecule has 0 saturated carbocycles. The van der Waals surface area contributed by atoms with Gasteiger partial charge in [0.15, 0.2) is 5.82 Å². The largest absolute Gasteiger partial charge is 0.305 e. The van der Waals surface area contributed by atoms with Gasteiger partial charge in [0.2, 0.25) is 0 Å². The van der Waals surface area contributed by atoms with Gasteiger partial charge in [0.25, 0.3) is 11.6 Å². The van der Waals surface area contributed by atoms with Gasteiger partial charge in [0, 0.05) is 29.5 Å². The van der Waals surface area contributed by atoms with Gasteiger partial charge < -0.3 is 5.32 Å². The molecule has 1 aromatic heterocycles. The number of nitro benzene ring substituents is 1. The van der Waals surface area contributed by atoms with Crippen molar-refractivity contribution in [3.8, 4) is 0 Å². The van der Waals surface area contributed by atoms with E-state index in [1.54, 1.807) is 19.1 Å². The molecule has 1 heterocycles. The SMILES string of the molecule is Cc1cc(C(=O)Nc2cc(C(C)C)[nH]n2)cc([N+](=O)[O-])c1. The first kappa shape index (κ1) is 14.7. The molecule has 0 fully saturated rings. The molecule has 7 nitrogen and oxygen atoms in total. The molecule has 0 spiro atoms. The Hall–Kier alpha value is -2.70. The van der Waals surface area contributed by atoms with Gasteiger partial charge in [-0.1, -0.05) is 13.8 Å². The number of hydrogen-bond acceptors (Lipinski definition) is 4. The summed E-state index contributed by atoms with van der Waals surface area (Å²) in [5.41, 5.74) is 1.68. The average molecular weight is 288 g/mol. The Bertz CT molecular complexity index is 691. The molecule has 110 valence electrons. The van der Waals surface area contributed by atoms with Gasteiger partial charge >= 0.3 is 0 Å². The van der Waals surface area contributed by atoms with Crippen LogP contribution in [0.25, 0.3) is 0 Å². The zero-order valence-electron chi connectivity index (χ0n) is 12.0. The lowest BCUT2D eigenvalue weighted by molar-refractivity contribution is -0.384. The lowest BCUT2D eigenvalue weighted by Gasteiger charge is -2.03. The number of hydrogen-bond donors (Lipinski definition) is 2. The first-order valence-corrected chi connectivity index (χ1v) is 6.49. The molecule has 2 N–H and O–H groups in total. The third kappa shape index (κ3) is 3.44. The van der Waals surface area contributed by atoms with Gasteiger partial charge in [-0.2, -0.15) is 5.10 Å². The summed E-state index contributed by atoms with van der Waals surface area (Å²) in [5.74, 6) is 0.236. The Labute approximate surface area is 121 Å². The van der Waals surface area contributed by atoms with Crippen LogP contribution in [0.4, 0.5) is 11.5 Å². The van der Waals surface area contributed by atoms with Crippen LogP contribution in [0.2, 0.25) is 0 Å². The minimum Gasteiger partial charge on any atom is -0.305 e. The van der Waals surface area contributed by atoms with E-state index in [1.807, 2.05) is 13.8 Å².